The lowest BCUT2D eigenvalue weighted by molar-refractivity contribution is 0.0642. The SMILES string of the molecule is CSCCN1CCN(C(=O)c2c[nH]c(=O)[nH]c2=O)CC1. The molecule has 20 heavy (non-hydrogen) atoms. The number of hydrogen-bond donors (Lipinski definition) is 2. The van der Waals surface area contributed by atoms with E-state index in [4.69, 9.17) is 0 Å². The Morgan fingerprint density at radius 2 is 2.00 bits per heavy atom. The van der Waals surface area contributed by atoms with Gasteiger partial charge in [-0.05, 0) is 6.26 Å². The van der Waals surface area contributed by atoms with Gasteiger partial charge >= 0.3 is 5.69 Å². The number of hydrogen-bond acceptors (Lipinski definition) is 5. The van der Waals surface area contributed by atoms with Crippen LogP contribution in [0.2, 0.25) is 0 Å². The highest BCUT2D eigenvalue weighted by atomic mass is 32.2. The van der Waals surface area contributed by atoms with E-state index in [1.807, 2.05) is 0 Å². The van der Waals surface area contributed by atoms with Crippen molar-refractivity contribution in [3.8, 4) is 0 Å². The van der Waals surface area contributed by atoms with Crippen LogP contribution in [0.15, 0.2) is 15.8 Å². The maximum absolute atomic E-state index is 12.2. The molecular formula is C12H18N4O3S. The summed E-state index contributed by atoms with van der Waals surface area (Å²) in [5.41, 5.74) is -1.25. The van der Waals surface area contributed by atoms with Gasteiger partial charge in [0.2, 0.25) is 0 Å². The van der Waals surface area contributed by atoms with E-state index >= 15 is 0 Å². The summed E-state index contributed by atoms with van der Waals surface area (Å²) in [7, 11) is 0. The molecule has 1 fully saturated rings. The molecule has 2 rings (SSSR count). The first kappa shape index (κ1) is 14.9. The summed E-state index contributed by atoms with van der Waals surface area (Å²) in [6, 6.07) is 0. The molecule has 1 saturated heterocycles. The maximum atomic E-state index is 12.2. The molecule has 2 N–H and O–H groups in total. The third-order valence-corrected chi connectivity index (χ3v) is 3.91. The molecule has 0 atom stereocenters. The van der Waals surface area contributed by atoms with Crippen LogP contribution < -0.4 is 11.2 Å². The van der Waals surface area contributed by atoms with Crippen LogP contribution in [0.5, 0.6) is 0 Å². The molecule has 0 bridgehead atoms. The molecule has 1 aromatic heterocycles. The van der Waals surface area contributed by atoms with E-state index in [-0.39, 0.29) is 11.5 Å². The van der Waals surface area contributed by atoms with Gasteiger partial charge in [0, 0.05) is 44.7 Å². The van der Waals surface area contributed by atoms with Crippen molar-refractivity contribution in [3.63, 3.8) is 0 Å². The number of thioether (sulfide) groups is 1. The minimum atomic E-state index is -0.636. The summed E-state index contributed by atoms with van der Waals surface area (Å²) in [6.45, 7) is 3.85. The molecule has 0 radical (unpaired) electrons. The second-order valence-corrected chi connectivity index (χ2v) is 5.60. The van der Waals surface area contributed by atoms with Crippen molar-refractivity contribution >= 4 is 17.7 Å². The van der Waals surface area contributed by atoms with Crippen LogP contribution in [-0.2, 0) is 0 Å². The lowest BCUT2D eigenvalue weighted by Crippen LogP contribution is -2.50. The lowest BCUT2D eigenvalue weighted by Gasteiger charge is -2.34. The fourth-order valence-corrected chi connectivity index (χ4v) is 2.57. The van der Waals surface area contributed by atoms with E-state index in [1.54, 1.807) is 16.7 Å². The Balaban J connectivity index is 1.98. The molecule has 2 heterocycles. The molecule has 1 amide bonds. The van der Waals surface area contributed by atoms with Crippen LogP contribution in [-0.4, -0.2) is 70.4 Å². The van der Waals surface area contributed by atoms with Gasteiger partial charge in [0.25, 0.3) is 11.5 Å². The van der Waals surface area contributed by atoms with E-state index in [9.17, 15) is 14.4 Å². The Bertz CT molecular complexity index is 575. The van der Waals surface area contributed by atoms with Gasteiger partial charge in [0.1, 0.15) is 5.56 Å². The Morgan fingerprint density at radius 1 is 1.30 bits per heavy atom. The first-order valence-corrected chi connectivity index (χ1v) is 7.84. The minimum absolute atomic E-state index is 0.0119. The van der Waals surface area contributed by atoms with Crippen molar-refractivity contribution in [2.75, 3.05) is 44.7 Å². The zero-order chi connectivity index (χ0) is 14.5. The standard InChI is InChI=1S/C12H18N4O3S/c1-20-7-6-15-2-4-16(5-3-15)11(18)9-8-13-12(19)14-10(9)17/h8H,2-7H2,1H3,(H2,13,14,17,19). The van der Waals surface area contributed by atoms with E-state index in [0.717, 1.165) is 25.4 Å². The number of carbonyl (C=O) groups excluding carboxylic acids is 1. The van der Waals surface area contributed by atoms with E-state index in [2.05, 4.69) is 21.1 Å². The molecule has 1 aliphatic rings. The monoisotopic (exact) mass is 298 g/mol. The summed E-state index contributed by atoms with van der Waals surface area (Å²) >= 11 is 1.80. The zero-order valence-corrected chi connectivity index (χ0v) is 12.2. The van der Waals surface area contributed by atoms with Gasteiger partial charge in [-0.2, -0.15) is 11.8 Å². The third-order valence-electron chi connectivity index (χ3n) is 3.32. The van der Waals surface area contributed by atoms with Gasteiger partial charge in [0.05, 0.1) is 0 Å². The number of H-pyrrole nitrogens is 2. The maximum Gasteiger partial charge on any atom is 0.325 e. The molecule has 1 aromatic rings. The van der Waals surface area contributed by atoms with Gasteiger partial charge < -0.3 is 9.88 Å². The molecule has 8 heteroatoms. The van der Waals surface area contributed by atoms with Crippen molar-refractivity contribution in [3.05, 3.63) is 32.6 Å². The van der Waals surface area contributed by atoms with Crippen molar-refractivity contribution < 1.29 is 4.79 Å². The number of aromatic nitrogens is 2. The molecule has 0 aromatic carbocycles. The lowest BCUT2D eigenvalue weighted by atomic mass is 10.2. The average molecular weight is 298 g/mol. The topological polar surface area (TPSA) is 89.3 Å². The smallest absolute Gasteiger partial charge is 0.325 e. The summed E-state index contributed by atoms with van der Waals surface area (Å²) < 4.78 is 0. The number of nitrogens with one attached hydrogen (secondary N) is 2. The van der Waals surface area contributed by atoms with Crippen LogP contribution in [0.25, 0.3) is 0 Å². The summed E-state index contributed by atoms with van der Waals surface area (Å²) in [5, 5.41) is 0. The molecule has 0 aliphatic carbocycles. The van der Waals surface area contributed by atoms with Crippen molar-refractivity contribution in [2.45, 2.75) is 0 Å². The molecule has 0 saturated carbocycles. The minimum Gasteiger partial charge on any atom is -0.336 e. The average Bonchev–Trinajstić information content (AvgIpc) is 2.45. The molecule has 1 aliphatic heterocycles. The van der Waals surface area contributed by atoms with Crippen molar-refractivity contribution in [2.24, 2.45) is 0 Å². The highest BCUT2D eigenvalue weighted by Gasteiger charge is 2.23. The molecular weight excluding hydrogens is 280 g/mol. The fourth-order valence-electron chi connectivity index (χ4n) is 2.13. The van der Waals surface area contributed by atoms with Crippen LogP contribution in [0.3, 0.4) is 0 Å². The van der Waals surface area contributed by atoms with Crippen LogP contribution >= 0.6 is 11.8 Å². The van der Waals surface area contributed by atoms with Gasteiger partial charge in [0.15, 0.2) is 0 Å². The normalized spacial score (nSPS) is 16.4. The number of amides is 1. The van der Waals surface area contributed by atoms with Crippen LogP contribution in [0.1, 0.15) is 10.4 Å². The first-order valence-electron chi connectivity index (χ1n) is 6.44. The first-order chi connectivity index (χ1) is 9.61. The number of nitrogens with zero attached hydrogens (tertiary/aromatic N) is 2. The van der Waals surface area contributed by atoms with Crippen LogP contribution in [0, 0.1) is 0 Å². The second kappa shape index (κ2) is 6.76. The van der Waals surface area contributed by atoms with E-state index in [0.29, 0.717) is 13.1 Å². The van der Waals surface area contributed by atoms with Gasteiger partial charge in [-0.1, -0.05) is 0 Å². The summed E-state index contributed by atoms with van der Waals surface area (Å²) in [4.78, 5) is 43.1. The van der Waals surface area contributed by atoms with Crippen molar-refractivity contribution in [1.82, 2.24) is 19.8 Å². The van der Waals surface area contributed by atoms with Gasteiger partial charge in [-0.25, -0.2) is 4.79 Å². The molecule has 110 valence electrons. The Hall–Kier alpha value is -1.54. The highest BCUT2D eigenvalue weighted by Crippen LogP contribution is 2.06. The largest absolute Gasteiger partial charge is 0.336 e. The summed E-state index contributed by atoms with van der Waals surface area (Å²) in [5.74, 6) is 0.750. The molecule has 0 spiro atoms. The molecule has 7 nitrogen and oxygen atoms in total. The fraction of sp³-hybridized carbons (Fsp3) is 0.583. The zero-order valence-electron chi connectivity index (χ0n) is 11.3. The number of rotatable bonds is 4. The second-order valence-electron chi connectivity index (χ2n) is 4.61. The van der Waals surface area contributed by atoms with Crippen molar-refractivity contribution in [1.29, 1.82) is 0 Å². The summed E-state index contributed by atoms with van der Waals surface area (Å²) in [6.07, 6.45) is 3.26. The van der Waals surface area contributed by atoms with Gasteiger partial charge in [-0.15, -0.1) is 0 Å². The number of piperazine rings is 1. The van der Waals surface area contributed by atoms with Crippen LogP contribution in [0.4, 0.5) is 0 Å². The van der Waals surface area contributed by atoms with Gasteiger partial charge in [-0.3, -0.25) is 19.5 Å². The highest BCUT2D eigenvalue weighted by molar-refractivity contribution is 7.98. The number of aromatic amines is 2. The Morgan fingerprint density at radius 3 is 2.60 bits per heavy atom. The van der Waals surface area contributed by atoms with E-state index < -0.39 is 11.2 Å². The third kappa shape index (κ3) is 3.51. The molecule has 0 unspecified atom stereocenters. The Kier molecular flexibility index (Phi) is 5.02. The predicted octanol–water partition coefficient (Wildman–Crippen LogP) is -0.816. The predicted molar refractivity (Wildman–Crippen MR) is 78.4 cm³/mol. The Labute approximate surface area is 120 Å². The number of carbonyl (C=O) groups is 1. The van der Waals surface area contributed by atoms with E-state index in [1.165, 1.54) is 6.20 Å². The quantitative estimate of drug-likeness (QED) is 0.758.